The van der Waals surface area contributed by atoms with Gasteiger partial charge in [0.1, 0.15) is 0 Å². The third-order valence-corrected chi connectivity index (χ3v) is 5.87. The molecular weight excluding hydrogens is 486 g/mol. The summed E-state index contributed by atoms with van der Waals surface area (Å²) < 4.78 is 12.2. The first-order valence-corrected chi connectivity index (χ1v) is 11.6. The minimum atomic E-state index is -1.04. The van der Waals surface area contributed by atoms with E-state index in [0.29, 0.717) is 40.3 Å². The summed E-state index contributed by atoms with van der Waals surface area (Å²) in [7, 11) is 3.01. The van der Waals surface area contributed by atoms with Crippen LogP contribution in [0, 0.1) is 0 Å². The van der Waals surface area contributed by atoms with E-state index in [9.17, 15) is 14.4 Å². The molecule has 0 radical (unpaired) electrons. The zero-order chi connectivity index (χ0) is 26.1. The molecule has 0 fully saturated rings. The fraction of sp³-hybridized carbons (Fsp3) is 0.208. The van der Waals surface area contributed by atoms with Crippen molar-refractivity contribution in [1.82, 2.24) is 20.1 Å². The van der Waals surface area contributed by atoms with E-state index < -0.39 is 5.97 Å². The second-order valence-corrected chi connectivity index (χ2v) is 8.21. The number of carboxylic acids is 1. The van der Waals surface area contributed by atoms with Crippen LogP contribution in [0.25, 0.3) is 0 Å². The van der Waals surface area contributed by atoms with Crippen LogP contribution in [0.5, 0.6) is 11.5 Å². The summed E-state index contributed by atoms with van der Waals surface area (Å²) in [5.41, 5.74) is 1.01. The third kappa shape index (κ3) is 6.63. The minimum absolute atomic E-state index is 0.0496. The number of rotatable bonds is 12. The Morgan fingerprint density at radius 3 is 2.39 bits per heavy atom. The fourth-order valence-electron chi connectivity index (χ4n) is 3.13. The molecule has 36 heavy (non-hydrogen) atoms. The lowest BCUT2D eigenvalue weighted by molar-refractivity contribution is -0.113. The molecule has 0 atom stereocenters. The summed E-state index contributed by atoms with van der Waals surface area (Å²) in [4.78, 5) is 35.9. The highest BCUT2D eigenvalue weighted by molar-refractivity contribution is 7.99. The number of hydrogen-bond acceptors (Lipinski definition) is 8. The van der Waals surface area contributed by atoms with E-state index >= 15 is 0 Å². The third-order valence-electron chi connectivity index (χ3n) is 4.91. The van der Waals surface area contributed by atoms with Gasteiger partial charge >= 0.3 is 5.97 Å². The molecule has 0 saturated carbocycles. The smallest absolute Gasteiger partial charge is 0.335 e. The van der Waals surface area contributed by atoms with Crippen LogP contribution in [0.15, 0.2) is 60.3 Å². The van der Waals surface area contributed by atoms with Crippen molar-refractivity contribution >= 4 is 35.2 Å². The number of methoxy groups -OCH3 is 2. The van der Waals surface area contributed by atoms with Gasteiger partial charge in [0.25, 0.3) is 5.91 Å². The molecule has 0 saturated heterocycles. The number of nitrogens with one attached hydrogen (secondary N) is 2. The molecule has 0 aliphatic rings. The number of hydrogen-bond donors (Lipinski definition) is 3. The maximum Gasteiger partial charge on any atom is 0.335 e. The van der Waals surface area contributed by atoms with Crippen molar-refractivity contribution in [3.05, 3.63) is 72.1 Å². The Bertz CT molecular complexity index is 1260. The van der Waals surface area contributed by atoms with Gasteiger partial charge in [-0.15, -0.1) is 16.8 Å². The zero-order valence-electron chi connectivity index (χ0n) is 19.7. The van der Waals surface area contributed by atoms with Gasteiger partial charge in [-0.25, -0.2) is 4.79 Å². The number of anilines is 1. The molecule has 11 nitrogen and oxygen atoms in total. The Kier molecular flexibility index (Phi) is 9.06. The molecule has 3 rings (SSSR count). The van der Waals surface area contributed by atoms with E-state index in [-0.39, 0.29) is 29.7 Å². The molecule has 2 aromatic carbocycles. The van der Waals surface area contributed by atoms with Crippen LogP contribution >= 0.6 is 11.8 Å². The van der Waals surface area contributed by atoms with Crippen molar-refractivity contribution in [2.45, 2.75) is 18.2 Å². The van der Waals surface area contributed by atoms with Gasteiger partial charge in [0, 0.05) is 17.8 Å². The van der Waals surface area contributed by atoms with E-state index in [1.165, 1.54) is 50.2 Å². The lowest BCUT2D eigenvalue weighted by Crippen LogP contribution is -2.25. The normalized spacial score (nSPS) is 10.4. The average molecular weight is 512 g/mol. The Morgan fingerprint density at radius 1 is 1.06 bits per heavy atom. The van der Waals surface area contributed by atoms with Crippen LogP contribution in [-0.2, 0) is 17.9 Å². The van der Waals surface area contributed by atoms with Crippen LogP contribution in [-0.4, -0.2) is 57.6 Å². The Labute approximate surface area is 211 Å². The maximum atomic E-state index is 12.6. The van der Waals surface area contributed by atoms with E-state index in [1.807, 2.05) is 0 Å². The predicted molar refractivity (Wildman–Crippen MR) is 134 cm³/mol. The van der Waals surface area contributed by atoms with Gasteiger partial charge in [-0.3, -0.25) is 9.59 Å². The van der Waals surface area contributed by atoms with Gasteiger partial charge in [-0.05, 0) is 42.5 Å². The Balaban J connectivity index is 1.60. The molecule has 0 unspecified atom stereocenters. The van der Waals surface area contributed by atoms with Crippen molar-refractivity contribution in [2.24, 2.45) is 0 Å². The van der Waals surface area contributed by atoms with Gasteiger partial charge < -0.3 is 29.8 Å². The molecule has 0 aliphatic carbocycles. The maximum absolute atomic E-state index is 12.6. The zero-order valence-corrected chi connectivity index (χ0v) is 20.5. The molecule has 1 aromatic heterocycles. The highest BCUT2D eigenvalue weighted by Gasteiger charge is 2.16. The first-order chi connectivity index (χ1) is 17.4. The van der Waals surface area contributed by atoms with Gasteiger partial charge in [0.05, 0.1) is 32.1 Å². The van der Waals surface area contributed by atoms with Crippen LogP contribution in [0.2, 0.25) is 0 Å². The first kappa shape index (κ1) is 26.3. The van der Waals surface area contributed by atoms with E-state index in [4.69, 9.17) is 14.6 Å². The van der Waals surface area contributed by atoms with Crippen molar-refractivity contribution in [3.8, 4) is 11.5 Å². The molecule has 188 valence electrons. The predicted octanol–water partition coefficient (Wildman–Crippen LogP) is 2.84. The number of aromatic carboxylic acids is 1. The molecule has 3 N–H and O–H groups in total. The lowest BCUT2D eigenvalue weighted by Gasteiger charge is -2.11. The molecular formula is C24H25N5O6S. The van der Waals surface area contributed by atoms with Gasteiger partial charge in [-0.2, -0.15) is 0 Å². The number of ether oxygens (including phenoxy) is 2. The highest BCUT2D eigenvalue weighted by Crippen LogP contribution is 2.27. The summed E-state index contributed by atoms with van der Waals surface area (Å²) in [6.45, 7) is 4.24. The molecule has 0 bridgehead atoms. The molecule has 3 aromatic rings. The van der Waals surface area contributed by atoms with Crippen molar-refractivity contribution in [1.29, 1.82) is 0 Å². The monoisotopic (exact) mass is 511 g/mol. The first-order valence-electron chi connectivity index (χ1n) is 10.7. The summed E-state index contributed by atoms with van der Waals surface area (Å²) in [6.07, 6.45) is 1.66. The van der Waals surface area contributed by atoms with Crippen LogP contribution < -0.4 is 20.1 Å². The van der Waals surface area contributed by atoms with Gasteiger partial charge in [-0.1, -0.05) is 17.8 Å². The molecule has 2 amide bonds. The quantitative estimate of drug-likeness (QED) is 0.247. The SMILES string of the molecule is C=CCn1c(CNC(=O)c2ccc(OC)c(OC)c2)nnc1SCC(=O)Nc1ccc(C(=O)O)cc1. The second kappa shape index (κ2) is 12.4. The summed E-state index contributed by atoms with van der Waals surface area (Å²) in [5, 5.41) is 23.2. The number of carbonyl (C=O) groups is 3. The highest BCUT2D eigenvalue weighted by atomic mass is 32.2. The Hall–Kier alpha value is -4.32. The largest absolute Gasteiger partial charge is 0.493 e. The summed E-state index contributed by atoms with van der Waals surface area (Å²) >= 11 is 1.18. The number of allylic oxidation sites excluding steroid dienone is 1. The topological polar surface area (TPSA) is 145 Å². The Morgan fingerprint density at radius 2 is 1.75 bits per heavy atom. The molecule has 1 heterocycles. The number of thioether (sulfide) groups is 1. The number of aromatic nitrogens is 3. The molecule has 0 spiro atoms. The average Bonchev–Trinajstić information content (AvgIpc) is 3.27. The van der Waals surface area contributed by atoms with Gasteiger partial charge in [0.2, 0.25) is 5.91 Å². The van der Waals surface area contributed by atoms with Gasteiger partial charge in [0.15, 0.2) is 22.5 Å². The van der Waals surface area contributed by atoms with Crippen molar-refractivity contribution in [3.63, 3.8) is 0 Å². The minimum Gasteiger partial charge on any atom is -0.493 e. The van der Waals surface area contributed by atoms with E-state index in [1.54, 1.807) is 28.8 Å². The van der Waals surface area contributed by atoms with Crippen LogP contribution in [0.4, 0.5) is 5.69 Å². The van der Waals surface area contributed by atoms with Crippen LogP contribution in [0.1, 0.15) is 26.5 Å². The number of amides is 2. The number of carbonyl (C=O) groups excluding carboxylic acids is 2. The van der Waals surface area contributed by atoms with Crippen molar-refractivity contribution in [2.75, 3.05) is 25.3 Å². The number of nitrogens with zero attached hydrogens (tertiary/aromatic N) is 3. The van der Waals surface area contributed by atoms with E-state index in [0.717, 1.165) is 0 Å². The second-order valence-electron chi connectivity index (χ2n) is 7.27. The molecule has 12 heteroatoms. The number of carboxylic acid groups (broad SMARTS) is 1. The summed E-state index contributed by atoms with van der Waals surface area (Å²) in [6, 6.07) is 10.7. The van der Waals surface area contributed by atoms with Crippen molar-refractivity contribution < 1.29 is 29.0 Å². The van der Waals surface area contributed by atoms with E-state index in [2.05, 4.69) is 27.4 Å². The summed E-state index contributed by atoms with van der Waals surface area (Å²) in [5.74, 6) is -0.159. The van der Waals surface area contributed by atoms with Crippen LogP contribution in [0.3, 0.4) is 0 Å². The molecule has 0 aliphatic heterocycles. The standard InChI is InChI=1S/C24H25N5O6S/c1-4-11-29-20(13-25-22(31)16-7-10-18(34-2)19(12-16)35-3)27-28-24(29)36-14-21(30)26-17-8-5-15(6-9-17)23(32)33/h4-10,12H,1,11,13-14H2,2-3H3,(H,25,31)(H,26,30)(H,32,33). The lowest BCUT2D eigenvalue weighted by atomic mass is 10.2. The number of benzene rings is 2. The fourth-order valence-corrected chi connectivity index (χ4v) is 3.90.